The number of hydrogen-bond donors (Lipinski definition) is 9. The van der Waals surface area contributed by atoms with Gasteiger partial charge >= 0.3 is 68.3 Å². The average Bonchev–Trinajstić information content (AvgIpc) is 2.94. The van der Waals surface area contributed by atoms with Crippen molar-refractivity contribution in [1.29, 1.82) is 0 Å². The Morgan fingerprint density at radius 2 is 0.232 bits per heavy atom. The van der Waals surface area contributed by atoms with Crippen LogP contribution in [0.3, 0.4) is 0 Å². The van der Waals surface area contributed by atoms with Gasteiger partial charge in [-0.3, -0.25) is 0 Å². The molecule has 0 aliphatic carbocycles. The smallest absolute Gasteiger partial charge is 0.550 e. The summed E-state index contributed by atoms with van der Waals surface area (Å²) in [4.78, 5) is 107. The van der Waals surface area contributed by atoms with E-state index in [1.165, 1.54) is 0 Å². The minimum Gasteiger partial charge on any atom is -0.550 e. The normalized spacial score (nSPS) is 5.65. The summed E-state index contributed by atoms with van der Waals surface area (Å²) in [6, 6.07) is 0. The van der Waals surface area contributed by atoms with Crippen LogP contribution in [-0.2, 0) is 126 Å². The van der Waals surface area contributed by atoms with Crippen molar-refractivity contribution in [2.75, 3.05) is 39.3 Å². The fourth-order valence-corrected chi connectivity index (χ4v) is 0. The molecule has 0 unspecified atom stereocenters. The molecular formula is C30H73Fe4N9O26. The molecule has 0 spiro atoms. The molecule has 0 saturated carbocycles. The Hall–Kier alpha value is -4.72. The third-order valence-electron chi connectivity index (χ3n) is 0.500. The Morgan fingerprint density at radius 1 is 0.217 bits per heavy atom. The first kappa shape index (κ1) is 159. The average molecular weight is 1200 g/mol. The van der Waals surface area contributed by atoms with Gasteiger partial charge in [-0.15, -0.1) is 0 Å². The number of aliphatic carboxylic acids is 12. The Morgan fingerprint density at radius 3 is 0.232 bits per heavy atom. The predicted octanol–water partition coefficient (Wildman–Crippen LogP) is -19.4. The third kappa shape index (κ3) is 80100. The molecule has 0 saturated heterocycles. The van der Waals surface area contributed by atoms with Crippen LogP contribution in [-0.4, -0.2) is 122 Å². The van der Waals surface area contributed by atoms with Gasteiger partial charge in [-0.1, -0.05) is 0 Å². The molecule has 0 aliphatic rings. The number of carbonyl (C=O) groups is 12. The van der Waals surface area contributed by atoms with Gasteiger partial charge in [0.05, 0.1) is 0 Å². The molecule has 0 rings (SSSR count). The number of rotatable bonds is 3. The van der Waals surface area contributed by atoms with E-state index in [9.17, 15) is 0 Å². The molecule has 4 radical (unpaired) electrons. The molecule has 0 aliphatic heterocycles. The van der Waals surface area contributed by atoms with E-state index in [2.05, 4.69) is 0 Å². The standard InChI is InChI=1S/3C2H8N2.12C2H4O2.4Fe.3H3N.2H2O/c3*3-1-2-4;12*1-2(3)4;;;;;;;;;/h3*1-4H2;12*1H3,(H,3,4);;;;;3*1H3;2*1H2/q;;;;;;;;;;;;;;;4*+3;;;;;/p-12. The van der Waals surface area contributed by atoms with E-state index < -0.39 is 71.6 Å². The number of carboxylic acids is 12. The van der Waals surface area contributed by atoms with Gasteiger partial charge in [-0.05, 0) is 83.1 Å². The molecule has 0 aromatic rings. The van der Waals surface area contributed by atoms with Crippen molar-refractivity contribution in [1.82, 2.24) is 18.5 Å². The Labute approximate surface area is 443 Å². The Bertz CT molecular complexity index is 726. The second-order valence-corrected chi connectivity index (χ2v) is 7.63. The Balaban J connectivity index is -0.0000000142. The summed E-state index contributed by atoms with van der Waals surface area (Å²) in [7, 11) is 0. The molecule has 0 atom stereocenters. The van der Waals surface area contributed by atoms with Crippen LogP contribution in [0.15, 0.2) is 0 Å². The van der Waals surface area contributed by atoms with E-state index in [1.54, 1.807) is 0 Å². The molecule has 426 valence electrons. The number of hydrogen-bond acceptors (Lipinski definition) is 33. The van der Waals surface area contributed by atoms with E-state index in [0.717, 1.165) is 83.1 Å². The summed E-state index contributed by atoms with van der Waals surface area (Å²) in [6.45, 7) is 15.2. The van der Waals surface area contributed by atoms with Crippen molar-refractivity contribution in [3.8, 4) is 0 Å². The van der Waals surface area contributed by atoms with Crippen molar-refractivity contribution in [3.05, 3.63) is 0 Å². The van der Waals surface area contributed by atoms with Gasteiger partial charge in [0.2, 0.25) is 0 Å². The van der Waals surface area contributed by atoms with E-state index in [1.807, 2.05) is 0 Å². The van der Waals surface area contributed by atoms with E-state index in [-0.39, 0.29) is 97.7 Å². The molecule has 0 aromatic carbocycles. The van der Waals surface area contributed by atoms with Crippen molar-refractivity contribution in [2.24, 2.45) is 34.4 Å². The zero-order chi connectivity index (χ0) is 53.2. The first-order valence-electron chi connectivity index (χ1n) is 14.8. The molecule has 0 amide bonds. The van der Waals surface area contributed by atoms with Crippen LogP contribution in [0, 0.1) is 0 Å². The molecule has 39 heteroatoms. The maximum Gasteiger partial charge on any atom is 3.00 e. The van der Waals surface area contributed by atoms with Crippen molar-refractivity contribution in [2.45, 2.75) is 83.1 Å². The molecule has 0 aromatic heterocycles. The zero-order valence-corrected chi connectivity index (χ0v) is 44.5. The van der Waals surface area contributed by atoms with Crippen LogP contribution < -0.4 is 114 Å². The number of carboxylic acid groups (broad SMARTS) is 12. The molecule has 35 nitrogen and oxygen atoms in total. The second kappa shape index (κ2) is 177. The monoisotopic (exact) mass is 1200 g/mol. The number of carbonyl (C=O) groups excluding carboxylic acids is 12. The van der Waals surface area contributed by atoms with E-state index >= 15 is 0 Å². The summed E-state index contributed by atoms with van der Waals surface area (Å²) < 4.78 is 0. The van der Waals surface area contributed by atoms with Gasteiger partial charge in [0.25, 0.3) is 0 Å². The van der Waals surface area contributed by atoms with Gasteiger partial charge in [0.15, 0.2) is 0 Å². The second-order valence-electron chi connectivity index (χ2n) is 7.63. The summed E-state index contributed by atoms with van der Waals surface area (Å²) in [5, 5.41) is 107. The molecule has 0 heterocycles. The maximum absolute atomic E-state index is 8.89. The van der Waals surface area contributed by atoms with Crippen molar-refractivity contribution >= 4 is 71.6 Å². The zero-order valence-electron chi connectivity index (χ0n) is 40.0. The van der Waals surface area contributed by atoms with Crippen molar-refractivity contribution < 1.29 is 198 Å². The topological polar surface area (TPSA) is 806 Å². The minimum atomic E-state index is -1.08. The van der Waals surface area contributed by atoms with Crippen LogP contribution in [0.5, 0.6) is 0 Å². The summed E-state index contributed by atoms with van der Waals surface area (Å²) in [5.74, 6) is -13.0. The minimum absolute atomic E-state index is 0. The molecule has 0 fully saturated rings. The summed E-state index contributed by atoms with van der Waals surface area (Å²) in [6.07, 6.45) is 0. The van der Waals surface area contributed by atoms with Crippen LogP contribution in [0.2, 0.25) is 0 Å². The largest absolute Gasteiger partial charge is 3.00 e. The first-order valence-corrected chi connectivity index (χ1v) is 14.8. The van der Waals surface area contributed by atoms with Crippen molar-refractivity contribution in [3.63, 3.8) is 0 Å². The van der Waals surface area contributed by atoms with Crippen LogP contribution in [0.4, 0.5) is 0 Å². The predicted molar refractivity (Wildman–Crippen MR) is 205 cm³/mol. The fraction of sp³-hybridized carbons (Fsp3) is 0.600. The number of nitrogens with two attached hydrogens (primary N) is 6. The van der Waals surface area contributed by atoms with Gasteiger partial charge in [0.1, 0.15) is 0 Å². The van der Waals surface area contributed by atoms with Gasteiger partial charge in [0, 0.05) is 111 Å². The van der Waals surface area contributed by atoms with E-state index in [0.29, 0.717) is 39.3 Å². The fourth-order valence-electron chi connectivity index (χ4n) is 0. The molecule has 25 N–H and O–H groups in total. The van der Waals surface area contributed by atoms with Gasteiger partial charge < -0.3 is 183 Å². The quantitative estimate of drug-likeness (QED) is 0.119. The molecule has 0 bridgehead atoms. The van der Waals surface area contributed by atoms with E-state index in [4.69, 9.17) is 153 Å². The SMILES string of the molecule is CC(=O)[O-].CC(=O)[O-].CC(=O)[O-].CC(=O)[O-].CC(=O)[O-].CC(=O)[O-].CC(=O)[O-].CC(=O)[O-].CC(=O)[O-].CC(=O)[O-].CC(=O)[O-].CC(=O)[O-].N.N.N.NCCN.NCCN.NCCN.O.O.[Fe+3].[Fe+3].[Fe+3].[Fe+3]. The summed E-state index contributed by atoms with van der Waals surface area (Å²) >= 11 is 0. The molecular weight excluding hydrogens is 1130 g/mol. The first-order chi connectivity index (χ1) is 26.5. The van der Waals surface area contributed by atoms with Crippen LogP contribution in [0.25, 0.3) is 0 Å². The van der Waals surface area contributed by atoms with Crippen LogP contribution in [0.1, 0.15) is 83.1 Å². The molecule has 69 heavy (non-hydrogen) atoms. The van der Waals surface area contributed by atoms with Gasteiger partial charge in [-0.25, -0.2) is 0 Å². The van der Waals surface area contributed by atoms with Gasteiger partial charge in [-0.2, -0.15) is 0 Å². The van der Waals surface area contributed by atoms with Crippen LogP contribution >= 0.6 is 0 Å². The third-order valence-corrected chi connectivity index (χ3v) is 0.500. The Kier molecular flexibility index (Phi) is 406. The maximum atomic E-state index is 8.89. The summed E-state index contributed by atoms with van der Waals surface area (Å²) in [5.41, 5.74) is 29.4.